The lowest BCUT2D eigenvalue weighted by Crippen LogP contribution is -2.30. The molecule has 0 bridgehead atoms. The molecule has 1 atom stereocenters. The largest absolute Gasteiger partial charge is 0.494 e. The van der Waals surface area contributed by atoms with Gasteiger partial charge in [0.1, 0.15) is 11.0 Å². The number of rotatable bonds is 5. The van der Waals surface area contributed by atoms with Gasteiger partial charge in [-0.25, -0.2) is 9.18 Å². The van der Waals surface area contributed by atoms with Crippen LogP contribution in [0.3, 0.4) is 0 Å². The van der Waals surface area contributed by atoms with Gasteiger partial charge in [-0.2, -0.15) is 8.75 Å². The predicted octanol–water partition coefficient (Wildman–Crippen LogP) is 4.24. The van der Waals surface area contributed by atoms with Crippen LogP contribution in [0, 0.1) is 5.82 Å². The lowest BCUT2D eigenvalue weighted by Gasteiger charge is -2.26. The molecular formula is C24H17FN2O4S. The second-order valence-corrected chi connectivity index (χ2v) is 7.89. The second kappa shape index (κ2) is 7.81. The van der Waals surface area contributed by atoms with Gasteiger partial charge in [-0.15, -0.1) is 0 Å². The quantitative estimate of drug-likeness (QED) is 0.460. The maximum Gasteiger partial charge on any atom is 0.342 e. The molecule has 1 aliphatic heterocycles. The number of esters is 1. The standard InChI is InChI=1S/C24H17FN2O4S/c1-30-21-10-8-16(13-18(21)25)24(29)17(11-14-5-3-2-4-6-14)22(23(28)31-24)15-7-9-19-20(12-15)27-32-26-19/h2-10,12-13,29H,11H2,1H3. The summed E-state index contributed by atoms with van der Waals surface area (Å²) < 4.78 is 33.4. The van der Waals surface area contributed by atoms with Crippen LogP contribution in [-0.2, 0) is 21.7 Å². The minimum atomic E-state index is -2.13. The fourth-order valence-corrected chi connectivity index (χ4v) is 4.41. The number of fused-ring (bicyclic) bond motifs is 1. The van der Waals surface area contributed by atoms with Crippen LogP contribution >= 0.6 is 11.7 Å². The fraction of sp³-hybridized carbons (Fsp3) is 0.125. The smallest absolute Gasteiger partial charge is 0.342 e. The number of ether oxygens (including phenoxy) is 2. The molecule has 2 heterocycles. The second-order valence-electron chi connectivity index (χ2n) is 7.37. The average Bonchev–Trinajstić information content (AvgIpc) is 3.36. The first-order valence-electron chi connectivity index (χ1n) is 9.79. The molecule has 8 heteroatoms. The van der Waals surface area contributed by atoms with Crippen molar-refractivity contribution in [2.75, 3.05) is 7.11 Å². The van der Waals surface area contributed by atoms with Crippen molar-refractivity contribution in [3.05, 3.63) is 94.8 Å². The lowest BCUT2D eigenvalue weighted by atomic mass is 9.88. The summed E-state index contributed by atoms with van der Waals surface area (Å²) in [5.41, 5.74) is 3.40. The molecule has 0 amide bonds. The highest BCUT2D eigenvalue weighted by atomic mass is 32.1. The van der Waals surface area contributed by atoms with E-state index >= 15 is 0 Å². The summed E-state index contributed by atoms with van der Waals surface area (Å²) in [6.07, 6.45) is 0.222. The molecule has 32 heavy (non-hydrogen) atoms. The van der Waals surface area contributed by atoms with Gasteiger partial charge >= 0.3 is 5.97 Å². The third-order valence-corrected chi connectivity index (χ3v) is 6.02. The first-order valence-corrected chi connectivity index (χ1v) is 10.5. The molecule has 1 aromatic heterocycles. The van der Waals surface area contributed by atoms with Crippen molar-refractivity contribution in [3.8, 4) is 5.75 Å². The maximum absolute atomic E-state index is 14.5. The van der Waals surface area contributed by atoms with E-state index in [1.807, 2.05) is 30.3 Å². The van der Waals surface area contributed by atoms with E-state index in [1.165, 1.54) is 19.2 Å². The third kappa shape index (κ3) is 3.34. The van der Waals surface area contributed by atoms with Crippen LogP contribution in [0.15, 0.2) is 72.3 Å². The molecule has 0 spiro atoms. The highest BCUT2D eigenvalue weighted by Gasteiger charge is 2.48. The van der Waals surface area contributed by atoms with Gasteiger partial charge in [0, 0.05) is 17.6 Å². The van der Waals surface area contributed by atoms with E-state index in [1.54, 1.807) is 18.2 Å². The number of hydrogen-bond donors (Lipinski definition) is 1. The van der Waals surface area contributed by atoms with E-state index in [0.29, 0.717) is 22.2 Å². The fourth-order valence-electron chi connectivity index (χ4n) is 3.89. The molecule has 6 nitrogen and oxygen atoms in total. The Kier molecular flexibility index (Phi) is 4.96. The van der Waals surface area contributed by atoms with Crippen molar-refractivity contribution < 1.29 is 23.8 Å². The van der Waals surface area contributed by atoms with Gasteiger partial charge in [0.15, 0.2) is 11.6 Å². The third-order valence-electron chi connectivity index (χ3n) is 5.46. The molecule has 1 aliphatic rings. The summed E-state index contributed by atoms with van der Waals surface area (Å²) >= 11 is 1.07. The Morgan fingerprint density at radius 1 is 1.06 bits per heavy atom. The Labute approximate surface area is 186 Å². The Bertz CT molecular complexity index is 1370. The molecule has 0 fully saturated rings. The van der Waals surface area contributed by atoms with Crippen LogP contribution in [0.4, 0.5) is 4.39 Å². The SMILES string of the molecule is COc1ccc(C2(O)OC(=O)C(c3ccc4nsnc4c3)=C2Cc2ccccc2)cc1F. The van der Waals surface area contributed by atoms with Gasteiger partial charge in [0.25, 0.3) is 5.79 Å². The predicted molar refractivity (Wildman–Crippen MR) is 117 cm³/mol. The minimum absolute atomic E-state index is 0.0250. The number of benzene rings is 3. The van der Waals surface area contributed by atoms with Gasteiger partial charge in [0.2, 0.25) is 0 Å². The van der Waals surface area contributed by atoms with Crippen molar-refractivity contribution in [1.29, 1.82) is 0 Å². The molecule has 160 valence electrons. The monoisotopic (exact) mass is 448 g/mol. The summed E-state index contributed by atoms with van der Waals surface area (Å²) in [4.78, 5) is 13.1. The molecule has 0 saturated carbocycles. The zero-order valence-electron chi connectivity index (χ0n) is 16.9. The van der Waals surface area contributed by atoms with Gasteiger partial charge < -0.3 is 14.6 Å². The number of aromatic nitrogens is 2. The van der Waals surface area contributed by atoms with Crippen LogP contribution < -0.4 is 4.74 Å². The number of cyclic esters (lactones) is 1. The van der Waals surface area contributed by atoms with E-state index in [9.17, 15) is 14.3 Å². The molecule has 1 N–H and O–H groups in total. The van der Waals surface area contributed by atoms with Gasteiger partial charge in [-0.3, -0.25) is 0 Å². The number of methoxy groups -OCH3 is 1. The summed E-state index contributed by atoms with van der Waals surface area (Å²) in [6, 6.07) is 18.6. The highest BCUT2D eigenvalue weighted by Crippen LogP contribution is 2.45. The highest BCUT2D eigenvalue weighted by molar-refractivity contribution is 7.00. The Hall–Kier alpha value is -3.62. The van der Waals surface area contributed by atoms with E-state index < -0.39 is 17.6 Å². The summed E-state index contributed by atoms with van der Waals surface area (Å²) in [7, 11) is 1.35. The van der Waals surface area contributed by atoms with Crippen molar-refractivity contribution in [2.24, 2.45) is 0 Å². The van der Waals surface area contributed by atoms with Crippen LogP contribution in [-0.4, -0.2) is 26.9 Å². The van der Waals surface area contributed by atoms with Gasteiger partial charge in [-0.1, -0.05) is 36.4 Å². The number of halogens is 1. The average molecular weight is 448 g/mol. The van der Waals surface area contributed by atoms with E-state index in [0.717, 1.165) is 23.4 Å². The Morgan fingerprint density at radius 2 is 1.84 bits per heavy atom. The first-order chi connectivity index (χ1) is 15.5. The lowest BCUT2D eigenvalue weighted by molar-refractivity contribution is -0.185. The molecule has 0 radical (unpaired) electrons. The number of aliphatic hydroxyl groups is 1. The normalized spacial score (nSPS) is 18.3. The molecule has 4 aromatic rings. The zero-order chi connectivity index (χ0) is 22.3. The van der Waals surface area contributed by atoms with E-state index in [2.05, 4.69) is 8.75 Å². The maximum atomic E-state index is 14.5. The summed E-state index contributed by atoms with van der Waals surface area (Å²) in [6.45, 7) is 0. The van der Waals surface area contributed by atoms with Crippen LogP contribution in [0.1, 0.15) is 16.7 Å². The van der Waals surface area contributed by atoms with Crippen molar-refractivity contribution in [3.63, 3.8) is 0 Å². The number of carbonyl (C=O) groups excluding carboxylic acids is 1. The minimum Gasteiger partial charge on any atom is -0.494 e. The van der Waals surface area contributed by atoms with Gasteiger partial charge in [0.05, 0.1) is 24.4 Å². The van der Waals surface area contributed by atoms with Crippen LogP contribution in [0.25, 0.3) is 16.6 Å². The van der Waals surface area contributed by atoms with Crippen molar-refractivity contribution in [1.82, 2.24) is 8.75 Å². The molecular weight excluding hydrogens is 431 g/mol. The number of nitrogens with zero attached hydrogens (tertiary/aromatic N) is 2. The summed E-state index contributed by atoms with van der Waals surface area (Å²) in [5.74, 6) is -3.48. The van der Waals surface area contributed by atoms with Crippen LogP contribution in [0.5, 0.6) is 5.75 Å². The Balaban J connectivity index is 1.71. The first kappa shape index (κ1) is 20.3. The van der Waals surface area contributed by atoms with E-state index in [4.69, 9.17) is 9.47 Å². The van der Waals surface area contributed by atoms with Crippen molar-refractivity contribution in [2.45, 2.75) is 12.2 Å². The molecule has 0 saturated heterocycles. The topological polar surface area (TPSA) is 81.5 Å². The van der Waals surface area contributed by atoms with Gasteiger partial charge in [-0.05, 0) is 41.5 Å². The summed E-state index contributed by atoms with van der Waals surface area (Å²) in [5, 5.41) is 11.6. The van der Waals surface area contributed by atoms with Crippen molar-refractivity contribution >= 4 is 34.3 Å². The van der Waals surface area contributed by atoms with E-state index in [-0.39, 0.29) is 23.3 Å². The molecule has 0 aliphatic carbocycles. The number of carbonyl (C=O) groups is 1. The van der Waals surface area contributed by atoms with Crippen LogP contribution in [0.2, 0.25) is 0 Å². The Morgan fingerprint density at radius 3 is 2.59 bits per heavy atom. The zero-order valence-corrected chi connectivity index (χ0v) is 17.7. The molecule has 1 unspecified atom stereocenters. The number of hydrogen-bond acceptors (Lipinski definition) is 7. The molecule has 5 rings (SSSR count). The molecule has 3 aromatic carbocycles.